The van der Waals surface area contributed by atoms with Crippen LogP contribution in [0.25, 0.3) is 10.6 Å². The average Bonchev–Trinajstić information content (AvgIpc) is 3.48. The van der Waals surface area contributed by atoms with Crippen LogP contribution in [0.2, 0.25) is 0 Å². The number of fused-ring (bicyclic) bond motifs is 2. The number of rotatable bonds is 5. The number of aromatic nitrogens is 1. The number of hydrogen-bond donors (Lipinski definition) is 3. The number of anilines is 1. The Kier molecular flexibility index (Phi) is 5.93. The van der Waals surface area contributed by atoms with Gasteiger partial charge in [0.1, 0.15) is 5.01 Å². The molecule has 7 heteroatoms. The number of para-hydroxylation sites is 1. The highest BCUT2D eigenvalue weighted by Gasteiger charge is 2.59. The van der Waals surface area contributed by atoms with Gasteiger partial charge in [0.15, 0.2) is 0 Å². The van der Waals surface area contributed by atoms with Crippen molar-refractivity contribution in [2.75, 3.05) is 11.9 Å². The van der Waals surface area contributed by atoms with Crippen molar-refractivity contribution in [3.8, 4) is 10.6 Å². The van der Waals surface area contributed by atoms with Crippen LogP contribution < -0.4 is 5.32 Å². The van der Waals surface area contributed by atoms with Crippen molar-refractivity contribution in [3.63, 3.8) is 0 Å². The predicted octanol–water partition coefficient (Wildman–Crippen LogP) is 5.32. The monoisotopic (exact) mass is 482 g/mol. The van der Waals surface area contributed by atoms with Crippen molar-refractivity contribution in [2.24, 2.45) is 16.7 Å². The number of nitrogens with zero attached hydrogens (tertiary/aromatic N) is 1. The molecule has 1 amide bonds. The fourth-order valence-corrected chi connectivity index (χ4v) is 7.95. The van der Waals surface area contributed by atoms with Crippen LogP contribution in [0.1, 0.15) is 49.6 Å². The molecule has 0 spiro atoms. The summed E-state index contributed by atoms with van der Waals surface area (Å²) in [5.74, 6) is -0.0329. The van der Waals surface area contributed by atoms with Crippen LogP contribution in [0.3, 0.4) is 0 Å². The van der Waals surface area contributed by atoms with Crippen molar-refractivity contribution < 1.29 is 15.0 Å². The Morgan fingerprint density at radius 2 is 2.03 bits per heavy atom. The van der Waals surface area contributed by atoms with Crippen LogP contribution in [-0.4, -0.2) is 33.8 Å². The molecule has 1 fully saturated rings. The van der Waals surface area contributed by atoms with E-state index in [2.05, 4.69) is 29.1 Å². The van der Waals surface area contributed by atoms with E-state index in [1.807, 2.05) is 37.3 Å². The second-order valence-electron chi connectivity index (χ2n) is 9.99. The van der Waals surface area contributed by atoms with Gasteiger partial charge in [-0.15, -0.1) is 11.3 Å². The van der Waals surface area contributed by atoms with Gasteiger partial charge in [0.25, 0.3) is 0 Å². The molecule has 5 nitrogen and oxygen atoms in total. The van der Waals surface area contributed by atoms with Crippen molar-refractivity contribution in [2.45, 2.75) is 51.6 Å². The molecule has 5 atom stereocenters. The fraction of sp³-hybridized carbons (Fsp3) is 0.462. The van der Waals surface area contributed by atoms with Crippen LogP contribution in [0.15, 0.2) is 47.2 Å². The van der Waals surface area contributed by atoms with E-state index < -0.39 is 11.5 Å². The zero-order valence-corrected chi connectivity index (χ0v) is 20.6. The average molecular weight is 483 g/mol. The van der Waals surface area contributed by atoms with Crippen molar-refractivity contribution >= 4 is 34.3 Å². The Bertz CT molecular complexity index is 1130. The van der Waals surface area contributed by atoms with Crippen LogP contribution in [0, 0.1) is 16.7 Å². The maximum Gasteiger partial charge on any atom is 0.225 e. The number of hydrogen-bond acceptors (Lipinski definition) is 6. The van der Waals surface area contributed by atoms with Gasteiger partial charge in [-0.25, -0.2) is 4.98 Å². The fourth-order valence-electron chi connectivity index (χ4n) is 6.07. The number of amides is 1. The lowest BCUT2D eigenvalue weighted by molar-refractivity contribution is -0.143. The molecule has 2 heterocycles. The third-order valence-electron chi connectivity index (χ3n) is 8.11. The second-order valence-corrected chi connectivity index (χ2v) is 11.9. The van der Waals surface area contributed by atoms with Crippen LogP contribution in [0.5, 0.6) is 0 Å². The maximum absolute atomic E-state index is 13.2. The SMILES string of the molecule is C[C@]1(CO)[C@H]2Cc3sc(-c4ccsc4)nc3[C@@H](CC(=O)Nc3ccccc3)[C@]2(C)CC[C@H]1O. The molecule has 2 aliphatic carbocycles. The molecule has 1 saturated carbocycles. The number of thiazole rings is 1. The largest absolute Gasteiger partial charge is 0.396 e. The van der Waals surface area contributed by atoms with E-state index in [-0.39, 0.29) is 29.8 Å². The Morgan fingerprint density at radius 1 is 1.24 bits per heavy atom. The summed E-state index contributed by atoms with van der Waals surface area (Å²) in [4.78, 5) is 19.5. The topological polar surface area (TPSA) is 82.5 Å². The molecule has 2 aromatic heterocycles. The first-order valence-electron chi connectivity index (χ1n) is 11.5. The lowest BCUT2D eigenvalue weighted by atomic mass is 9.47. The molecule has 33 heavy (non-hydrogen) atoms. The number of aliphatic hydroxyl groups is 2. The predicted molar refractivity (Wildman–Crippen MR) is 134 cm³/mol. The molecular formula is C26H30N2O3S2. The Balaban J connectivity index is 1.55. The van der Waals surface area contributed by atoms with Gasteiger partial charge in [-0.3, -0.25) is 4.79 Å². The highest BCUT2D eigenvalue weighted by atomic mass is 32.1. The summed E-state index contributed by atoms with van der Waals surface area (Å²) in [7, 11) is 0. The van der Waals surface area contributed by atoms with Crippen molar-refractivity contribution in [1.82, 2.24) is 4.98 Å². The molecule has 0 aliphatic heterocycles. The Labute approximate surface area is 202 Å². The molecule has 3 N–H and O–H groups in total. The molecule has 5 rings (SSSR count). The number of carbonyl (C=O) groups excluding carboxylic acids is 1. The minimum atomic E-state index is -0.606. The summed E-state index contributed by atoms with van der Waals surface area (Å²) in [5.41, 5.74) is 2.09. The molecule has 0 bridgehead atoms. The van der Waals surface area contributed by atoms with Gasteiger partial charge in [-0.05, 0) is 54.2 Å². The first-order chi connectivity index (χ1) is 15.8. The normalized spacial score (nSPS) is 31.0. The third-order valence-corrected chi connectivity index (χ3v) is 9.93. The van der Waals surface area contributed by atoms with Gasteiger partial charge >= 0.3 is 0 Å². The molecule has 0 radical (unpaired) electrons. The number of thiophene rings is 1. The Morgan fingerprint density at radius 3 is 2.73 bits per heavy atom. The van der Waals surface area contributed by atoms with Crippen molar-refractivity contribution in [1.29, 1.82) is 0 Å². The first-order valence-corrected chi connectivity index (χ1v) is 13.3. The van der Waals surface area contributed by atoms with Crippen LogP contribution >= 0.6 is 22.7 Å². The zero-order chi connectivity index (χ0) is 23.2. The van der Waals surface area contributed by atoms with E-state index >= 15 is 0 Å². The van der Waals surface area contributed by atoms with Gasteiger partial charge in [-0.1, -0.05) is 32.0 Å². The second kappa shape index (κ2) is 8.62. The van der Waals surface area contributed by atoms with Gasteiger partial charge in [0.05, 0.1) is 18.4 Å². The van der Waals surface area contributed by atoms with E-state index in [0.717, 1.165) is 34.8 Å². The van der Waals surface area contributed by atoms with Crippen molar-refractivity contribution in [3.05, 3.63) is 57.7 Å². The summed E-state index contributed by atoms with van der Waals surface area (Å²) in [6.07, 6.45) is 1.99. The molecule has 1 aromatic carbocycles. The smallest absolute Gasteiger partial charge is 0.225 e. The quantitative estimate of drug-likeness (QED) is 0.460. The van der Waals surface area contributed by atoms with Gasteiger partial charge in [-0.2, -0.15) is 11.3 Å². The third kappa shape index (κ3) is 3.85. The lowest BCUT2D eigenvalue weighted by Gasteiger charge is -2.58. The summed E-state index contributed by atoms with van der Waals surface area (Å²) < 4.78 is 0. The zero-order valence-electron chi connectivity index (χ0n) is 19.0. The molecule has 3 aromatic rings. The highest BCUT2D eigenvalue weighted by Crippen LogP contribution is 2.63. The number of carbonyl (C=O) groups is 1. The molecule has 174 valence electrons. The Hall–Kier alpha value is -2.06. The van der Waals surface area contributed by atoms with Gasteiger partial charge in [0, 0.05) is 39.3 Å². The maximum atomic E-state index is 13.2. The minimum absolute atomic E-state index is 0.0269. The summed E-state index contributed by atoms with van der Waals surface area (Å²) in [5, 5.41) is 29.5. The van der Waals surface area contributed by atoms with E-state index in [1.165, 1.54) is 4.88 Å². The molecule has 2 aliphatic rings. The summed E-state index contributed by atoms with van der Waals surface area (Å²) in [6.45, 7) is 4.18. The van der Waals surface area contributed by atoms with E-state index in [0.29, 0.717) is 12.8 Å². The standard InChI is InChI=1S/C26H30N2O3S2/c1-25-10-8-21(30)26(2,15-29)20(25)13-19-23(28-24(33-19)16-9-11-32-14-16)18(25)12-22(31)27-17-6-4-3-5-7-17/h3-7,9,11,14,18,20-21,29-30H,8,10,12-13,15H2,1-2H3,(H,27,31)/t18-,20+,21-,25+,26+/m1/s1. The van der Waals surface area contributed by atoms with Crippen LogP contribution in [-0.2, 0) is 11.2 Å². The molecule has 0 saturated heterocycles. The van der Waals surface area contributed by atoms with Gasteiger partial charge in [0.2, 0.25) is 5.91 Å². The van der Waals surface area contributed by atoms with E-state index in [1.54, 1.807) is 22.7 Å². The first kappa shape index (κ1) is 22.7. The summed E-state index contributed by atoms with van der Waals surface area (Å²) >= 11 is 3.35. The van der Waals surface area contributed by atoms with Gasteiger partial charge < -0.3 is 15.5 Å². The van der Waals surface area contributed by atoms with Crippen LogP contribution in [0.4, 0.5) is 5.69 Å². The summed E-state index contributed by atoms with van der Waals surface area (Å²) in [6, 6.07) is 11.6. The number of nitrogens with one attached hydrogen (secondary N) is 1. The number of aliphatic hydroxyl groups excluding tert-OH is 2. The van der Waals surface area contributed by atoms with E-state index in [9.17, 15) is 15.0 Å². The lowest BCUT2D eigenvalue weighted by Crippen LogP contribution is -2.57. The molecular weight excluding hydrogens is 452 g/mol. The van der Waals surface area contributed by atoms with E-state index in [4.69, 9.17) is 4.98 Å². The number of benzene rings is 1. The minimum Gasteiger partial charge on any atom is -0.396 e. The molecule has 0 unspecified atom stereocenters. The highest BCUT2D eigenvalue weighted by molar-refractivity contribution is 7.15.